The summed E-state index contributed by atoms with van der Waals surface area (Å²) in [5.41, 5.74) is 2.34. The molecule has 1 saturated heterocycles. The molecule has 0 saturated carbocycles. The number of amides is 2. The molecule has 0 bridgehead atoms. The standard InChI is InChI=1S/C21H27N3O3/c1-16-8-10-24(11-9-16)15-18-6-4-17(5-7-18)13-22-20(25)14-23-21(26)19-3-2-12-27-19/h2-7,12,16H,8-11,13-15H2,1H3,(H,22,25)(H,23,26). The van der Waals surface area contributed by atoms with Crippen LogP contribution in [-0.2, 0) is 17.9 Å². The molecule has 0 spiro atoms. The second kappa shape index (κ2) is 9.37. The molecule has 1 aliphatic heterocycles. The lowest BCUT2D eigenvalue weighted by Gasteiger charge is -2.30. The fourth-order valence-electron chi connectivity index (χ4n) is 3.16. The highest BCUT2D eigenvalue weighted by Crippen LogP contribution is 2.18. The molecule has 6 nitrogen and oxygen atoms in total. The van der Waals surface area contributed by atoms with Gasteiger partial charge in [0.25, 0.3) is 5.91 Å². The zero-order valence-corrected chi connectivity index (χ0v) is 15.7. The molecule has 1 fully saturated rings. The molecular formula is C21H27N3O3. The zero-order valence-electron chi connectivity index (χ0n) is 15.7. The van der Waals surface area contributed by atoms with Gasteiger partial charge in [-0.2, -0.15) is 0 Å². The number of carbonyl (C=O) groups excluding carboxylic acids is 2. The zero-order chi connectivity index (χ0) is 19.1. The van der Waals surface area contributed by atoms with Gasteiger partial charge in [-0.05, 0) is 55.1 Å². The van der Waals surface area contributed by atoms with Crippen molar-refractivity contribution in [3.05, 3.63) is 59.5 Å². The number of piperidine rings is 1. The normalized spacial score (nSPS) is 15.4. The van der Waals surface area contributed by atoms with Crippen molar-refractivity contribution >= 4 is 11.8 Å². The Bertz CT molecular complexity index is 733. The van der Waals surface area contributed by atoms with E-state index in [0.717, 1.165) is 18.0 Å². The third kappa shape index (κ3) is 5.96. The van der Waals surface area contributed by atoms with E-state index in [2.05, 4.69) is 34.6 Å². The number of benzene rings is 1. The van der Waals surface area contributed by atoms with E-state index in [1.807, 2.05) is 12.1 Å². The average Bonchev–Trinajstić information content (AvgIpc) is 3.22. The van der Waals surface area contributed by atoms with Gasteiger partial charge in [-0.25, -0.2) is 0 Å². The molecule has 6 heteroatoms. The van der Waals surface area contributed by atoms with Crippen molar-refractivity contribution in [2.45, 2.75) is 32.9 Å². The van der Waals surface area contributed by atoms with E-state index in [4.69, 9.17) is 4.42 Å². The van der Waals surface area contributed by atoms with Gasteiger partial charge < -0.3 is 15.1 Å². The predicted molar refractivity (Wildman–Crippen MR) is 103 cm³/mol. The fraction of sp³-hybridized carbons (Fsp3) is 0.429. The van der Waals surface area contributed by atoms with Crippen molar-refractivity contribution in [2.75, 3.05) is 19.6 Å². The molecule has 0 radical (unpaired) electrons. The van der Waals surface area contributed by atoms with Gasteiger partial charge >= 0.3 is 0 Å². The molecule has 1 aromatic carbocycles. The minimum Gasteiger partial charge on any atom is -0.459 e. The van der Waals surface area contributed by atoms with Crippen LogP contribution >= 0.6 is 0 Å². The lowest BCUT2D eigenvalue weighted by atomic mass is 9.99. The van der Waals surface area contributed by atoms with Crippen LogP contribution in [0.3, 0.4) is 0 Å². The molecule has 0 aliphatic carbocycles. The number of rotatable bonds is 7. The largest absolute Gasteiger partial charge is 0.459 e. The van der Waals surface area contributed by atoms with Gasteiger partial charge in [0.05, 0.1) is 12.8 Å². The summed E-state index contributed by atoms with van der Waals surface area (Å²) in [7, 11) is 0. The van der Waals surface area contributed by atoms with Gasteiger partial charge in [-0.15, -0.1) is 0 Å². The first-order valence-electron chi connectivity index (χ1n) is 9.49. The van der Waals surface area contributed by atoms with Gasteiger partial charge in [0.15, 0.2) is 5.76 Å². The second-order valence-electron chi connectivity index (χ2n) is 7.21. The Labute approximate surface area is 159 Å². The van der Waals surface area contributed by atoms with E-state index in [9.17, 15) is 9.59 Å². The Kier molecular flexibility index (Phi) is 6.65. The summed E-state index contributed by atoms with van der Waals surface area (Å²) in [6.07, 6.45) is 3.98. The molecule has 0 unspecified atom stereocenters. The van der Waals surface area contributed by atoms with Crippen LogP contribution in [0.2, 0.25) is 0 Å². The first-order chi connectivity index (χ1) is 13.1. The predicted octanol–water partition coefficient (Wildman–Crippen LogP) is 2.56. The minimum atomic E-state index is -0.397. The van der Waals surface area contributed by atoms with Crippen molar-refractivity contribution in [1.82, 2.24) is 15.5 Å². The van der Waals surface area contributed by atoms with Gasteiger partial charge in [0.1, 0.15) is 0 Å². The maximum Gasteiger partial charge on any atom is 0.287 e. The molecule has 1 aromatic heterocycles. The quantitative estimate of drug-likeness (QED) is 0.787. The maximum absolute atomic E-state index is 11.9. The van der Waals surface area contributed by atoms with Crippen LogP contribution in [0.15, 0.2) is 47.1 Å². The molecule has 27 heavy (non-hydrogen) atoms. The molecule has 144 valence electrons. The van der Waals surface area contributed by atoms with E-state index in [1.54, 1.807) is 12.1 Å². The molecule has 2 N–H and O–H groups in total. The molecular weight excluding hydrogens is 342 g/mol. The van der Waals surface area contributed by atoms with Crippen LogP contribution in [0.1, 0.15) is 41.4 Å². The fourth-order valence-corrected chi connectivity index (χ4v) is 3.16. The molecule has 3 rings (SSSR count). The number of carbonyl (C=O) groups is 2. The van der Waals surface area contributed by atoms with Crippen molar-refractivity contribution in [3.8, 4) is 0 Å². The third-order valence-corrected chi connectivity index (χ3v) is 4.95. The van der Waals surface area contributed by atoms with E-state index in [1.165, 1.54) is 37.8 Å². The summed E-state index contributed by atoms with van der Waals surface area (Å²) in [5, 5.41) is 5.34. The summed E-state index contributed by atoms with van der Waals surface area (Å²) >= 11 is 0. The Morgan fingerprint density at radius 2 is 1.78 bits per heavy atom. The van der Waals surface area contributed by atoms with Crippen LogP contribution < -0.4 is 10.6 Å². The molecule has 2 heterocycles. The number of nitrogens with one attached hydrogen (secondary N) is 2. The Morgan fingerprint density at radius 1 is 1.07 bits per heavy atom. The number of hydrogen-bond donors (Lipinski definition) is 2. The third-order valence-electron chi connectivity index (χ3n) is 4.95. The van der Waals surface area contributed by atoms with Crippen LogP contribution in [0.5, 0.6) is 0 Å². The summed E-state index contributed by atoms with van der Waals surface area (Å²) in [5.74, 6) is 0.408. The summed E-state index contributed by atoms with van der Waals surface area (Å²) in [6.45, 7) is 6.01. The number of nitrogens with zero attached hydrogens (tertiary/aromatic N) is 1. The van der Waals surface area contributed by atoms with Crippen LogP contribution in [0.4, 0.5) is 0 Å². The van der Waals surface area contributed by atoms with E-state index < -0.39 is 5.91 Å². The maximum atomic E-state index is 11.9. The van der Waals surface area contributed by atoms with Gasteiger partial charge in [0.2, 0.25) is 5.91 Å². The first-order valence-corrected chi connectivity index (χ1v) is 9.49. The average molecular weight is 369 g/mol. The van der Waals surface area contributed by atoms with Crippen LogP contribution in [-0.4, -0.2) is 36.3 Å². The minimum absolute atomic E-state index is 0.0784. The Morgan fingerprint density at radius 3 is 2.44 bits per heavy atom. The van der Waals surface area contributed by atoms with Crippen LogP contribution in [0.25, 0.3) is 0 Å². The Hall–Kier alpha value is -2.60. The van der Waals surface area contributed by atoms with Crippen molar-refractivity contribution < 1.29 is 14.0 Å². The molecule has 2 aromatic rings. The van der Waals surface area contributed by atoms with E-state index >= 15 is 0 Å². The van der Waals surface area contributed by atoms with Gasteiger partial charge in [-0.1, -0.05) is 31.2 Å². The van der Waals surface area contributed by atoms with Crippen molar-refractivity contribution in [2.24, 2.45) is 5.92 Å². The van der Waals surface area contributed by atoms with Crippen LogP contribution in [0, 0.1) is 5.92 Å². The highest BCUT2D eigenvalue weighted by atomic mass is 16.3. The first kappa shape index (κ1) is 19.2. The lowest BCUT2D eigenvalue weighted by molar-refractivity contribution is -0.120. The SMILES string of the molecule is CC1CCN(Cc2ccc(CNC(=O)CNC(=O)c3ccco3)cc2)CC1. The van der Waals surface area contributed by atoms with E-state index in [0.29, 0.717) is 6.54 Å². The summed E-state index contributed by atoms with van der Waals surface area (Å²) < 4.78 is 4.98. The smallest absolute Gasteiger partial charge is 0.287 e. The van der Waals surface area contributed by atoms with Crippen molar-refractivity contribution in [3.63, 3.8) is 0 Å². The number of likely N-dealkylation sites (tertiary alicyclic amines) is 1. The topological polar surface area (TPSA) is 74.6 Å². The monoisotopic (exact) mass is 369 g/mol. The molecule has 0 atom stereocenters. The van der Waals surface area contributed by atoms with E-state index in [-0.39, 0.29) is 18.2 Å². The van der Waals surface area contributed by atoms with Crippen molar-refractivity contribution in [1.29, 1.82) is 0 Å². The summed E-state index contributed by atoms with van der Waals surface area (Å²) in [6, 6.07) is 11.5. The lowest BCUT2D eigenvalue weighted by Crippen LogP contribution is -2.36. The Balaban J connectivity index is 1.38. The highest BCUT2D eigenvalue weighted by Gasteiger charge is 2.15. The highest BCUT2D eigenvalue weighted by molar-refractivity contribution is 5.94. The van der Waals surface area contributed by atoms with Gasteiger partial charge in [0, 0.05) is 13.1 Å². The summed E-state index contributed by atoms with van der Waals surface area (Å²) in [4.78, 5) is 26.1. The number of hydrogen-bond acceptors (Lipinski definition) is 4. The van der Waals surface area contributed by atoms with Gasteiger partial charge in [-0.3, -0.25) is 14.5 Å². The second-order valence-corrected chi connectivity index (χ2v) is 7.21. The molecule has 2 amide bonds. The molecule has 1 aliphatic rings. The number of furan rings is 1.